The van der Waals surface area contributed by atoms with Gasteiger partial charge in [0.05, 0.1) is 11.0 Å². The van der Waals surface area contributed by atoms with Gasteiger partial charge in [0.1, 0.15) is 18.0 Å². The second-order valence-corrected chi connectivity index (χ2v) is 6.83. The van der Waals surface area contributed by atoms with Crippen molar-refractivity contribution in [2.45, 2.75) is 32.2 Å². The first-order valence-electron chi connectivity index (χ1n) is 9.20. The van der Waals surface area contributed by atoms with Crippen LogP contribution in [-0.4, -0.2) is 60.4 Å². The number of hydrogen-bond donors (Lipinski definition) is 1. The molecule has 1 fully saturated rings. The Morgan fingerprint density at radius 2 is 2.07 bits per heavy atom. The second kappa shape index (κ2) is 8.77. The summed E-state index contributed by atoms with van der Waals surface area (Å²) in [5, 5.41) is 14.9. The van der Waals surface area contributed by atoms with Crippen LogP contribution in [0.4, 0.5) is 0 Å². The highest BCUT2D eigenvalue weighted by Gasteiger charge is 2.25. The summed E-state index contributed by atoms with van der Waals surface area (Å²) in [6.45, 7) is 6.00. The number of benzene rings is 1. The van der Waals surface area contributed by atoms with Crippen molar-refractivity contribution in [3.8, 4) is 0 Å². The SMILES string of the molecule is Cc1nncn1CCN1CCCC(c2nc3ccccc3n2C)C1.O=CO. The first kappa shape index (κ1) is 19.0. The van der Waals surface area contributed by atoms with Crippen LogP contribution < -0.4 is 0 Å². The molecule has 4 rings (SSSR count). The number of para-hydroxylation sites is 2. The minimum Gasteiger partial charge on any atom is -0.483 e. The van der Waals surface area contributed by atoms with Gasteiger partial charge in [-0.15, -0.1) is 10.2 Å². The molecule has 0 spiro atoms. The molecule has 144 valence electrons. The van der Waals surface area contributed by atoms with Crippen molar-refractivity contribution in [1.29, 1.82) is 0 Å². The van der Waals surface area contributed by atoms with Crippen molar-refractivity contribution in [2.24, 2.45) is 7.05 Å². The third kappa shape index (κ3) is 4.33. The quantitative estimate of drug-likeness (QED) is 0.707. The molecule has 1 saturated heterocycles. The average Bonchev–Trinajstić information content (AvgIpc) is 3.24. The van der Waals surface area contributed by atoms with Gasteiger partial charge in [0.15, 0.2) is 0 Å². The maximum atomic E-state index is 8.36. The van der Waals surface area contributed by atoms with E-state index < -0.39 is 0 Å². The number of aromatic nitrogens is 5. The van der Waals surface area contributed by atoms with E-state index >= 15 is 0 Å². The van der Waals surface area contributed by atoms with Gasteiger partial charge in [-0.2, -0.15) is 0 Å². The summed E-state index contributed by atoms with van der Waals surface area (Å²) in [6.07, 6.45) is 4.27. The van der Waals surface area contributed by atoms with E-state index in [2.05, 4.69) is 55.5 Å². The van der Waals surface area contributed by atoms with Crippen molar-refractivity contribution in [3.05, 3.63) is 42.2 Å². The number of hydrogen-bond acceptors (Lipinski definition) is 5. The molecule has 0 bridgehead atoms. The van der Waals surface area contributed by atoms with Gasteiger partial charge in [0.2, 0.25) is 0 Å². The maximum absolute atomic E-state index is 8.36. The van der Waals surface area contributed by atoms with Crippen molar-refractivity contribution >= 4 is 17.5 Å². The lowest BCUT2D eigenvalue weighted by atomic mass is 9.97. The minimum absolute atomic E-state index is 0.250. The van der Waals surface area contributed by atoms with E-state index in [1.165, 1.54) is 30.7 Å². The fraction of sp³-hybridized carbons (Fsp3) is 0.474. The number of imidazole rings is 1. The largest absolute Gasteiger partial charge is 0.483 e. The van der Waals surface area contributed by atoms with E-state index in [0.717, 1.165) is 31.0 Å². The fourth-order valence-corrected chi connectivity index (χ4v) is 3.78. The van der Waals surface area contributed by atoms with Crippen molar-refractivity contribution < 1.29 is 9.90 Å². The van der Waals surface area contributed by atoms with E-state index in [4.69, 9.17) is 14.9 Å². The van der Waals surface area contributed by atoms with Crippen molar-refractivity contribution in [1.82, 2.24) is 29.2 Å². The molecule has 8 heteroatoms. The van der Waals surface area contributed by atoms with E-state index in [0.29, 0.717) is 5.92 Å². The maximum Gasteiger partial charge on any atom is 0.290 e. The Morgan fingerprint density at radius 3 is 2.78 bits per heavy atom. The number of carboxylic acid groups (broad SMARTS) is 1. The molecule has 1 N–H and O–H groups in total. The molecule has 2 aromatic heterocycles. The molecule has 1 aliphatic rings. The molecule has 27 heavy (non-hydrogen) atoms. The van der Waals surface area contributed by atoms with Crippen LogP contribution in [0.1, 0.15) is 30.4 Å². The third-order valence-electron chi connectivity index (χ3n) is 5.16. The number of carbonyl (C=O) groups is 1. The van der Waals surface area contributed by atoms with Crippen LogP contribution in [0.25, 0.3) is 11.0 Å². The van der Waals surface area contributed by atoms with Crippen LogP contribution in [0.3, 0.4) is 0 Å². The third-order valence-corrected chi connectivity index (χ3v) is 5.16. The zero-order chi connectivity index (χ0) is 19.2. The van der Waals surface area contributed by atoms with Gasteiger partial charge in [-0.05, 0) is 38.4 Å². The van der Waals surface area contributed by atoms with Gasteiger partial charge in [0.25, 0.3) is 6.47 Å². The molecular formula is C19H26N6O2. The van der Waals surface area contributed by atoms with Gasteiger partial charge in [0, 0.05) is 32.6 Å². The lowest BCUT2D eigenvalue weighted by Gasteiger charge is -2.32. The molecule has 1 aromatic carbocycles. The summed E-state index contributed by atoms with van der Waals surface area (Å²) >= 11 is 0. The van der Waals surface area contributed by atoms with Crippen LogP contribution in [-0.2, 0) is 18.4 Å². The summed E-state index contributed by atoms with van der Waals surface area (Å²) in [7, 11) is 2.14. The smallest absolute Gasteiger partial charge is 0.290 e. The molecule has 3 aromatic rings. The Morgan fingerprint density at radius 1 is 1.30 bits per heavy atom. The lowest BCUT2D eigenvalue weighted by Crippen LogP contribution is -2.37. The molecule has 1 unspecified atom stereocenters. The Bertz CT molecular complexity index is 887. The Labute approximate surface area is 158 Å². The first-order valence-corrected chi connectivity index (χ1v) is 9.20. The van der Waals surface area contributed by atoms with Crippen LogP contribution >= 0.6 is 0 Å². The van der Waals surface area contributed by atoms with Gasteiger partial charge >= 0.3 is 0 Å². The zero-order valence-electron chi connectivity index (χ0n) is 15.8. The van der Waals surface area contributed by atoms with Crippen LogP contribution in [0.2, 0.25) is 0 Å². The summed E-state index contributed by atoms with van der Waals surface area (Å²) in [4.78, 5) is 15.8. The predicted molar refractivity (Wildman–Crippen MR) is 103 cm³/mol. The van der Waals surface area contributed by atoms with Crippen LogP contribution in [0.15, 0.2) is 30.6 Å². The second-order valence-electron chi connectivity index (χ2n) is 6.83. The predicted octanol–water partition coefficient (Wildman–Crippen LogP) is 2.05. The molecule has 8 nitrogen and oxygen atoms in total. The summed E-state index contributed by atoms with van der Waals surface area (Å²) in [5.74, 6) is 2.72. The Balaban J connectivity index is 0.000000659. The highest BCUT2D eigenvalue weighted by Crippen LogP contribution is 2.28. The summed E-state index contributed by atoms with van der Waals surface area (Å²) < 4.78 is 4.39. The average molecular weight is 370 g/mol. The molecule has 1 atom stereocenters. The number of piperidine rings is 1. The van der Waals surface area contributed by atoms with Gasteiger partial charge < -0.3 is 19.1 Å². The molecule has 1 aliphatic heterocycles. The zero-order valence-corrected chi connectivity index (χ0v) is 15.8. The van der Waals surface area contributed by atoms with E-state index in [-0.39, 0.29) is 6.47 Å². The lowest BCUT2D eigenvalue weighted by molar-refractivity contribution is -0.122. The molecule has 0 aliphatic carbocycles. The fourth-order valence-electron chi connectivity index (χ4n) is 3.78. The number of fused-ring (bicyclic) bond motifs is 1. The minimum atomic E-state index is -0.250. The van der Waals surface area contributed by atoms with Crippen LogP contribution in [0.5, 0.6) is 0 Å². The Hall–Kier alpha value is -2.74. The van der Waals surface area contributed by atoms with Crippen molar-refractivity contribution in [2.75, 3.05) is 19.6 Å². The number of aryl methyl sites for hydroxylation is 2. The van der Waals surface area contributed by atoms with E-state index in [1.54, 1.807) is 0 Å². The number of rotatable bonds is 4. The normalized spacial score (nSPS) is 17.5. The molecule has 0 radical (unpaired) electrons. The number of likely N-dealkylation sites (tertiary alicyclic amines) is 1. The Kier molecular flexibility index (Phi) is 6.18. The molecular weight excluding hydrogens is 344 g/mol. The van der Waals surface area contributed by atoms with Crippen molar-refractivity contribution in [3.63, 3.8) is 0 Å². The molecule has 3 heterocycles. The van der Waals surface area contributed by atoms with Gasteiger partial charge in [-0.25, -0.2) is 4.98 Å². The molecule has 0 saturated carbocycles. The van der Waals surface area contributed by atoms with Gasteiger partial charge in [-0.1, -0.05) is 12.1 Å². The highest BCUT2D eigenvalue weighted by molar-refractivity contribution is 5.75. The highest BCUT2D eigenvalue weighted by atomic mass is 16.3. The summed E-state index contributed by atoms with van der Waals surface area (Å²) in [6, 6.07) is 8.41. The van der Waals surface area contributed by atoms with E-state index in [9.17, 15) is 0 Å². The summed E-state index contributed by atoms with van der Waals surface area (Å²) in [5.41, 5.74) is 2.33. The van der Waals surface area contributed by atoms with E-state index in [1.807, 2.05) is 13.3 Å². The number of nitrogens with zero attached hydrogens (tertiary/aromatic N) is 6. The topological polar surface area (TPSA) is 89.1 Å². The standard InChI is InChI=1S/C18H24N6.CH2O2/c1-14-21-19-13-24(14)11-10-23-9-5-6-15(12-23)18-20-16-7-3-4-8-17(16)22(18)2;2-1-3/h3-4,7-8,13,15H,5-6,9-12H2,1-2H3;1H,(H,2,3). The first-order chi connectivity index (χ1) is 13.1. The molecule has 0 amide bonds. The van der Waals surface area contributed by atoms with Crippen LogP contribution in [0, 0.1) is 6.92 Å². The monoisotopic (exact) mass is 370 g/mol. The van der Waals surface area contributed by atoms with Gasteiger partial charge in [-0.3, -0.25) is 4.79 Å².